The van der Waals surface area contributed by atoms with Crippen molar-refractivity contribution in [2.75, 3.05) is 13.7 Å². The number of phenolic OH excluding ortho intramolecular Hbond substituents is 1. The third-order valence-electron chi connectivity index (χ3n) is 3.70. The molecule has 2 aromatic rings. The molecule has 27 heavy (non-hydrogen) atoms. The lowest BCUT2D eigenvalue weighted by molar-refractivity contribution is -0.385. The van der Waals surface area contributed by atoms with Crippen molar-refractivity contribution < 1.29 is 29.0 Å². The first kappa shape index (κ1) is 18.0. The van der Waals surface area contributed by atoms with Crippen LogP contribution in [-0.4, -0.2) is 42.0 Å². The molecule has 0 bridgehead atoms. The number of nitro groups is 1. The SMILES string of the molecule is COc1cc([N+](=O)[O-])cc(/C=N\NC(=O)[C@H]2COc3ccccc3O2)c1O. The van der Waals surface area contributed by atoms with Crippen molar-refractivity contribution in [3.63, 3.8) is 0 Å². The minimum Gasteiger partial charge on any atom is -0.504 e. The number of phenols is 1. The quantitative estimate of drug-likeness (QED) is 0.462. The van der Waals surface area contributed by atoms with Crippen LogP contribution in [0.3, 0.4) is 0 Å². The van der Waals surface area contributed by atoms with E-state index in [1.165, 1.54) is 7.11 Å². The molecule has 1 amide bonds. The Bertz CT molecular complexity index is 913. The number of para-hydroxylation sites is 2. The number of rotatable bonds is 5. The van der Waals surface area contributed by atoms with Gasteiger partial charge in [-0.2, -0.15) is 5.10 Å². The van der Waals surface area contributed by atoms with Crippen LogP contribution in [0, 0.1) is 10.1 Å². The number of aromatic hydroxyl groups is 1. The number of hydrogen-bond donors (Lipinski definition) is 2. The largest absolute Gasteiger partial charge is 0.504 e. The number of carbonyl (C=O) groups excluding carboxylic acids is 1. The highest BCUT2D eigenvalue weighted by molar-refractivity contribution is 5.88. The smallest absolute Gasteiger partial charge is 0.284 e. The van der Waals surface area contributed by atoms with Crippen LogP contribution >= 0.6 is 0 Å². The normalized spacial score (nSPS) is 15.4. The molecule has 0 aliphatic carbocycles. The van der Waals surface area contributed by atoms with Crippen LogP contribution < -0.4 is 19.6 Å². The summed E-state index contributed by atoms with van der Waals surface area (Å²) in [4.78, 5) is 22.5. The molecule has 10 heteroatoms. The first-order valence-electron chi connectivity index (χ1n) is 7.76. The predicted octanol–water partition coefficient (Wildman–Crippen LogP) is 1.60. The van der Waals surface area contributed by atoms with E-state index in [0.717, 1.165) is 18.3 Å². The molecular weight excluding hydrogens is 358 g/mol. The Morgan fingerprint density at radius 3 is 2.85 bits per heavy atom. The lowest BCUT2D eigenvalue weighted by Gasteiger charge is -2.24. The summed E-state index contributed by atoms with van der Waals surface area (Å²) in [6.07, 6.45) is 0.158. The second-order valence-electron chi connectivity index (χ2n) is 5.44. The zero-order valence-electron chi connectivity index (χ0n) is 14.1. The molecule has 10 nitrogen and oxygen atoms in total. The van der Waals surface area contributed by atoms with Gasteiger partial charge in [0.05, 0.1) is 24.3 Å². The molecule has 3 rings (SSSR count). The van der Waals surface area contributed by atoms with E-state index in [4.69, 9.17) is 14.2 Å². The van der Waals surface area contributed by atoms with Crippen molar-refractivity contribution in [1.82, 2.24) is 5.43 Å². The molecule has 1 heterocycles. The van der Waals surface area contributed by atoms with Crippen LogP contribution in [-0.2, 0) is 4.79 Å². The van der Waals surface area contributed by atoms with E-state index in [1.54, 1.807) is 24.3 Å². The number of carbonyl (C=O) groups is 1. The Balaban J connectivity index is 1.70. The summed E-state index contributed by atoms with van der Waals surface area (Å²) in [5.41, 5.74) is 1.96. The molecule has 0 saturated heterocycles. The monoisotopic (exact) mass is 373 g/mol. The predicted molar refractivity (Wildman–Crippen MR) is 93.4 cm³/mol. The fourth-order valence-electron chi connectivity index (χ4n) is 2.36. The Labute approximate surface area is 153 Å². The molecular formula is C17H15N3O7. The van der Waals surface area contributed by atoms with Gasteiger partial charge in [-0.25, -0.2) is 5.43 Å². The molecule has 2 N–H and O–H groups in total. The molecule has 1 aliphatic heterocycles. The third-order valence-corrected chi connectivity index (χ3v) is 3.70. The van der Waals surface area contributed by atoms with Gasteiger partial charge in [0.2, 0.25) is 6.10 Å². The molecule has 0 aromatic heterocycles. The number of hydrogen-bond acceptors (Lipinski definition) is 8. The molecule has 0 spiro atoms. The van der Waals surface area contributed by atoms with Gasteiger partial charge >= 0.3 is 0 Å². The van der Waals surface area contributed by atoms with Gasteiger partial charge in [0.25, 0.3) is 11.6 Å². The fraction of sp³-hybridized carbons (Fsp3) is 0.176. The van der Waals surface area contributed by atoms with Gasteiger partial charge in [0, 0.05) is 11.6 Å². The van der Waals surface area contributed by atoms with E-state index in [9.17, 15) is 20.0 Å². The zero-order valence-corrected chi connectivity index (χ0v) is 14.1. The summed E-state index contributed by atoms with van der Waals surface area (Å²) in [6, 6.07) is 9.11. The van der Waals surface area contributed by atoms with Crippen molar-refractivity contribution in [2.24, 2.45) is 5.10 Å². The number of benzene rings is 2. The fourth-order valence-corrected chi connectivity index (χ4v) is 2.36. The number of methoxy groups -OCH3 is 1. The number of non-ortho nitro benzene ring substituents is 1. The maximum absolute atomic E-state index is 12.2. The number of nitro benzene ring substituents is 1. The van der Waals surface area contributed by atoms with Crippen LogP contribution in [0.25, 0.3) is 0 Å². The highest BCUT2D eigenvalue weighted by Gasteiger charge is 2.27. The second kappa shape index (κ2) is 7.60. The number of nitrogens with zero attached hydrogens (tertiary/aromatic N) is 2. The first-order valence-corrected chi connectivity index (χ1v) is 7.76. The average Bonchev–Trinajstić information content (AvgIpc) is 2.68. The maximum atomic E-state index is 12.2. The molecule has 140 valence electrons. The molecule has 0 unspecified atom stereocenters. The molecule has 1 aliphatic rings. The van der Waals surface area contributed by atoms with Gasteiger partial charge in [-0.15, -0.1) is 0 Å². The topological polar surface area (TPSA) is 133 Å². The van der Waals surface area contributed by atoms with Gasteiger partial charge in [-0.1, -0.05) is 12.1 Å². The van der Waals surface area contributed by atoms with E-state index >= 15 is 0 Å². The summed E-state index contributed by atoms with van der Waals surface area (Å²) < 4.78 is 15.9. The molecule has 0 fully saturated rings. The highest BCUT2D eigenvalue weighted by Crippen LogP contribution is 2.33. The van der Waals surface area contributed by atoms with Crippen molar-refractivity contribution in [3.05, 3.63) is 52.1 Å². The van der Waals surface area contributed by atoms with Crippen LogP contribution in [0.2, 0.25) is 0 Å². The van der Waals surface area contributed by atoms with Crippen molar-refractivity contribution in [3.8, 4) is 23.0 Å². The Kier molecular flexibility index (Phi) is 5.06. The minimum atomic E-state index is -0.912. The number of hydrazone groups is 1. The number of amides is 1. The lowest BCUT2D eigenvalue weighted by Crippen LogP contribution is -2.42. The van der Waals surface area contributed by atoms with E-state index in [0.29, 0.717) is 11.5 Å². The summed E-state index contributed by atoms with van der Waals surface area (Å²) in [6.45, 7) is 0.00818. The van der Waals surface area contributed by atoms with E-state index in [1.807, 2.05) is 0 Å². The van der Waals surface area contributed by atoms with Crippen molar-refractivity contribution in [2.45, 2.75) is 6.10 Å². The first-order chi connectivity index (χ1) is 13.0. The van der Waals surface area contributed by atoms with Crippen LogP contribution in [0.5, 0.6) is 23.0 Å². The average molecular weight is 373 g/mol. The van der Waals surface area contributed by atoms with Crippen molar-refractivity contribution >= 4 is 17.8 Å². The number of nitrogens with one attached hydrogen (secondary N) is 1. The molecule has 0 radical (unpaired) electrons. The number of fused-ring (bicyclic) bond motifs is 1. The summed E-state index contributed by atoms with van der Waals surface area (Å²) in [5, 5.41) is 24.7. The highest BCUT2D eigenvalue weighted by atomic mass is 16.6. The van der Waals surface area contributed by atoms with Crippen LogP contribution in [0.4, 0.5) is 5.69 Å². The van der Waals surface area contributed by atoms with Crippen LogP contribution in [0.15, 0.2) is 41.5 Å². The van der Waals surface area contributed by atoms with Gasteiger partial charge < -0.3 is 19.3 Å². The minimum absolute atomic E-state index is 0.00695. The molecule has 1 atom stereocenters. The van der Waals surface area contributed by atoms with Gasteiger partial charge in [0.1, 0.15) is 6.61 Å². The maximum Gasteiger partial charge on any atom is 0.284 e. The third kappa shape index (κ3) is 3.89. The van der Waals surface area contributed by atoms with Gasteiger partial charge in [-0.05, 0) is 12.1 Å². The summed E-state index contributed by atoms with van der Waals surface area (Å²) >= 11 is 0. The number of ether oxygens (including phenoxy) is 3. The Hall–Kier alpha value is -3.82. The summed E-state index contributed by atoms with van der Waals surface area (Å²) in [7, 11) is 1.26. The summed E-state index contributed by atoms with van der Waals surface area (Å²) in [5.74, 6) is -0.0184. The van der Waals surface area contributed by atoms with Gasteiger partial charge in [-0.3, -0.25) is 14.9 Å². The molecule has 0 saturated carbocycles. The second-order valence-corrected chi connectivity index (χ2v) is 5.44. The van der Waals surface area contributed by atoms with E-state index < -0.39 is 16.9 Å². The Morgan fingerprint density at radius 1 is 1.41 bits per heavy atom. The zero-order chi connectivity index (χ0) is 19.4. The van der Waals surface area contributed by atoms with E-state index in [2.05, 4.69) is 10.5 Å². The molecule has 2 aromatic carbocycles. The Morgan fingerprint density at radius 2 is 2.15 bits per heavy atom. The van der Waals surface area contributed by atoms with E-state index in [-0.39, 0.29) is 29.4 Å². The standard InChI is InChI=1S/C17H15N3O7/c1-25-14-7-11(20(23)24)6-10(16(14)21)8-18-19-17(22)15-9-26-12-4-2-3-5-13(12)27-15/h2-8,15,21H,9H2,1H3,(H,19,22)/b18-8-/t15-/m1/s1. The van der Waals surface area contributed by atoms with Gasteiger partial charge in [0.15, 0.2) is 23.0 Å². The van der Waals surface area contributed by atoms with Crippen molar-refractivity contribution in [1.29, 1.82) is 0 Å². The van der Waals surface area contributed by atoms with Crippen LogP contribution in [0.1, 0.15) is 5.56 Å². The lowest BCUT2D eigenvalue weighted by atomic mass is 10.2.